The summed E-state index contributed by atoms with van der Waals surface area (Å²) in [6, 6.07) is 5.53. The van der Waals surface area contributed by atoms with E-state index in [0.29, 0.717) is 24.2 Å². The molecule has 0 aliphatic carbocycles. The average Bonchev–Trinajstić information content (AvgIpc) is 3.69. The molecule has 2 amide bonds. The van der Waals surface area contributed by atoms with Crippen LogP contribution in [0.1, 0.15) is 86.1 Å². The Bertz CT molecular complexity index is 2100. The van der Waals surface area contributed by atoms with Crippen molar-refractivity contribution in [3.63, 3.8) is 0 Å². The number of benzene rings is 1. The maximum Gasteiger partial charge on any atom is 0.471 e. The van der Waals surface area contributed by atoms with E-state index in [-0.39, 0.29) is 45.6 Å². The first-order chi connectivity index (χ1) is 26.9. The van der Waals surface area contributed by atoms with E-state index in [4.69, 9.17) is 18.3 Å². The Morgan fingerprint density at radius 1 is 1.02 bits per heavy atom. The SMILES string of the molecule is CC(C)(C)OC(=O)N(Cc1ccc(C#CCNC(=O)C(F)(F)F)cc1[N+](=O)[O-])c1ccnc2c1ncn2[C@H]1C[C@@H](O[Si](C)(C)C(C)(C)C)[C@@H](CO[Si](C)(C)C(C)(C)C)O1. The second-order valence-corrected chi connectivity index (χ2v) is 28.2. The van der Waals surface area contributed by atoms with Crippen LogP contribution in [0, 0.1) is 22.0 Å². The number of nitro benzene ring substituents is 1. The van der Waals surface area contributed by atoms with Crippen LogP contribution in [0.5, 0.6) is 0 Å². The van der Waals surface area contributed by atoms with Crippen molar-refractivity contribution in [2.45, 2.75) is 142 Å². The Morgan fingerprint density at radius 2 is 1.66 bits per heavy atom. The summed E-state index contributed by atoms with van der Waals surface area (Å²) >= 11 is 0. The summed E-state index contributed by atoms with van der Waals surface area (Å²) in [5, 5.41) is 13.9. The minimum atomic E-state index is -5.07. The summed E-state index contributed by atoms with van der Waals surface area (Å²) in [5.74, 6) is 2.73. The molecule has 1 fully saturated rings. The van der Waals surface area contributed by atoms with Crippen LogP contribution in [0.25, 0.3) is 11.2 Å². The molecule has 1 N–H and O–H groups in total. The van der Waals surface area contributed by atoms with Crippen LogP contribution < -0.4 is 10.2 Å². The lowest BCUT2D eigenvalue weighted by Gasteiger charge is -2.40. The first kappa shape index (κ1) is 47.3. The number of nitrogens with one attached hydrogen (secondary N) is 1. The van der Waals surface area contributed by atoms with Crippen LogP contribution >= 0.6 is 0 Å². The summed E-state index contributed by atoms with van der Waals surface area (Å²) in [5.41, 5.74) is -0.144. The lowest BCUT2D eigenvalue weighted by atomic mass is 10.1. The van der Waals surface area contributed by atoms with Crippen LogP contribution in [0.4, 0.5) is 29.3 Å². The van der Waals surface area contributed by atoms with Gasteiger partial charge in [0.1, 0.15) is 23.4 Å². The zero-order valence-electron chi connectivity index (χ0n) is 36.2. The number of rotatable bonds is 11. The van der Waals surface area contributed by atoms with Crippen molar-refractivity contribution in [3.05, 3.63) is 58.0 Å². The number of amides is 2. The Kier molecular flexibility index (Phi) is 13.9. The highest BCUT2D eigenvalue weighted by Crippen LogP contribution is 2.43. The molecule has 59 heavy (non-hydrogen) atoms. The van der Waals surface area contributed by atoms with E-state index in [9.17, 15) is 32.9 Å². The van der Waals surface area contributed by atoms with Crippen LogP contribution in [0.2, 0.25) is 36.3 Å². The van der Waals surface area contributed by atoms with Crippen molar-refractivity contribution in [1.29, 1.82) is 0 Å². The van der Waals surface area contributed by atoms with Gasteiger partial charge < -0.3 is 23.6 Å². The van der Waals surface area contributed by atoms with E-state index in [1.807, 2.05) is 0 Å². The predicted octanol–water partition coefficient (Wildman–Crippen LogP) is 9.01. The Hall–Kier alpha value is -4.36. The number of carbonyl (C=O) groups excluding carboxylic acids is 2. The molecule has 1 aliphatic rings. The molecule has 3 atom stereocenters. The molecule has 4 rings (SSSR count). The first-order valence-electron chi connectivity index (χ1n) is 19.3. The molecule has 14 nitrogen and oxygen atoms in total. The van der Waals surface area contributed by atoms with Gasteiger partial charge in [0.25, 0.3) is 5.69 Å². The molecule has 19 heteroatoms. The molecule has 0 unspecified atom stereocenters. The van der Waals surface area contributed by atoms with Crippen molar-refractivity contribution in [2.75, 3.05) is 18.1 Å². The van der Waals surface area contributed by atoms with Gasteiger partial charge in [-0.2, -0.15) is 13.2 Å². The number of alkyl halides is 3. The highest BCUT2D eigenvalue weighted by molar-refractivity contribution is 6.74. The highest BCUT2D eigenvalue weighted by atomic mass is 28.4. The maximum atomic E-state index is 13.9. The molecule has 0 radical (unpaired) electrons. The van der Waals surface area contributed by atoms with Gasteiger partial charge in [0.2, 0.25) is 0 Å². The average molecular weight is 863 g/mol. The van der Waals surface area contributed by atoms with Gasteiger partial charge in [-0.1, -0.05) is 53.4 Å². The standard InChI is InChI=1S/C40H57F3N6O8Si2/c1-37(2,3)56-36(51)47(23-27-17-16-26(21-29(27)49(52)53)15-14-19-45-35(50)40(41,42)43)28-18-20-44-34-33(28)46-25-48(34)32-22-30(57-59(12,13)39(7,8)9)31(55-32)24-54-58(10,11)38(4,5)6/h16-18,20-21,25,30-32H,19,22-24H2,1-13H3,(H,45,50)/t30-,31-,32-/m1/s1. The molecule has 324 valence electrons. The van der Waals surface area contributed by atoms with E-state index >= 15 is 0 Å². The van der Waals surface area contributed by atoms with Gasteiger partial charge in [0.15, 0.2) is 22.3 Å². The highest BCUT2D eigenvalue weighted by Gasteiger charge is 2.47. The molecule has 2 aromatic heterocycles. The van der Waals surface area contributed by atoms with Gasteiger partial charge >= 0.3 is 18.2 Å². The van der Waals surface area contributed by atoms with Gasteiger partial charge in [-0.25, -0.2) is 14.8 Å². The number of hydrogen-bond acceptors (Lipinski definition) is 10. The van der Waals surface area contributed by atoms with E-state index in [2.05, 4.69) is 89.5 Å². The minimum absolute atomic E-state index is 0.0130. The molecule has 0 bridgehead atoms. The van der Waals surface area contributed by atoms with Crippen LogP contribution in [-0.2, 0) is 29.7 Å². The van der Waals surface area contributed by atoms with E-state index < -0.39 is 63.8 Å². The van der Waals surface area contributed by atoms with Crippen molar-refractivity contribution < 1.29 is 46.0 Å². The molecule has 1 saturated heterocycles. The number of carbonyl (C=O) groups is 2. The predicted molar refractivity (Wildman–Crippen MR) is 223 cm³/mol. The quantitative estimate of drug-likeness (QED) is 0.0853. The van der Waals surface area contributed by atoms with Gasteiger partial charge in [0, 0.05) is 29.8 Å². The summed E-state index contributed by atoms with van der Waals surface area (Å²) in [7, 11) is -4.39. The second kappa shape index (κ2) is 17.3. The van der Waals surface area contributed by atoms with E-state index in [1.54, 1.807) is 43.0 Å². The largest absolute Gasteiger partial charge is 0.471 e. The van der Waals surface area contributed by atoms with E-state index in [1.165, 1.54) is 23.2 Å². The monoisotopic (exact) mass is 862 g/mol. The zero-order valence-corrected chi connectivity index (χ0v) is 38.2. The first-order valence-corrected chi connectivity index (χ1v) is 25.1. The molecular formula is C40H57F3N6O8Si2. The summed E-state index contributed by atoms with van der Waals surface area (Å²) in [6.45, 7) is 26.4. The van der Waals surface area contributed by atoms with Crippen molar-refractivity contribution in [3.8, 4) is 11.8 Å². The third kappa shape index (κ3) is 11.7. The molecular weight excluding hydrogens is 806 g/mol. The number of fused-ring (bicyclic) bond motifs is 1. The van der Waals surface area contributed by atoms with E-state index in [0.717, 1.165) is 6.07 Å². The third-order valence-corrected chi connectivity index (χ3v) is 19.9. The molecule has 1 aliphatic heterocycles. The summed E-state index contributed by atoms with van der Waals surface area (Å²) in [6.07, 6.45) is -3.50. The van der Waals surface area contributed by atoms with Crippen LogP contribution in [0.3, 0.4) is 0 Å². The fraction of sp³-hybridized carbons (Fsp3) is 0.600. The number of ether oxygens (including phenoxy) is 2. The molecule has 3 heterocycles. The molecule has 3 aromatic rings. The number of hydrogen-bond donors (Lipinski definition) is 1. The van der Waals surface area contributed by atoms with Crippen LogP contribution in [0.15, 0.2) is 36.8 Å². The number of imidazole rings is 1. The molecule has 0 spiro atoms. The fourth-order valence-corrected chi connectivity index (χ4v) is 7.98. The zero-order chi connectivity index (χ0) is 44.5. The summed E-state index contributed by atoms with van der Waals surface area (Å²) < 4.78 is 65.5. The topological polar surface area (TPSA) is 160 Å². The number of nitro groups is 1. The van der Waals surface area contributed by atoms with Crippen LogP contribution in [-0.4, -0.2) is 85.2 Å². The number of pyridine rings is 1. The minimum Gasteiger partial charge on any atom is -0.443 e. The second-order valence-electron chi connectivity index (χ2n) is 18.7. The van der Waals surface area contributed by atoms with Gasteiger partial charge in [-0.15, -0.1) is 0 Å². The smallest absolute Gasteiger partial charge is 0.443 e. The molecule has 0 saturated carbocycles. The Labute approximate surface area is 345 Å². The van der Waals surface area contributed by atoms with Gasteiger partial charge in [-0.05, 0) is 75.2 Å². The number of aromatic nitrogens is 3. The van der Waals surface area contributed by atoms with Crippen molar-refractivity contribution >= 4 is 51.2 Å². The van der Waals surface area contributed by atoms with Crippen molar-refractivity contribution in [1.82, 2.24) is 19.9 Å². The van der Waals surface area contributed by atoms with Gasteiger partial charge in [-0.3, -0.25) is 24.4 Å². The van der Waals surface area contributed by atoms with Gasteiger partial charge in [0.05, 0.1) is 42.7 Å². The number of nitrogens with zero attached hydrogens (tertiary/aromatic N) is 5. The maximum absolute atomic E-state index is 13.9. The Balaban J connectivity index is 1.72. The fourth-order valence-electron chi connectivity index (χ4n) is 5.61. The normalized spacial score (nSPS) is 18.0. The third-order valence-electron chi connectivity index (χ3n) is 10.9. The number of anilines is 1. The lowest BCUT2D eigenvalue weighted by molar-refractivity contribution is -0.385. The molecule has 1 aromatic carbocycles. The lowest BCUT2D eigenvalue weighted by Crippen LogP contribution is -2.48. The Morgan fingerprint density at radius 3 is 2.24 bits per heavy atom. The number of halogens is 3. The van der Waals surface area contributed by atoms with Crippen molar-refractivity contribution in [2.24, 2.45) is 0 Å². The summed E-state index contributed by atoms with van der Waals surface area (Å²) in [4.78, 5) is 47.3.